The van der Waals surface area contributed by atoms with Crippen molar-refractivity contribution in [1.29, 1.82) is 0 Å². The molecule has 3 N–H and O–H groups in total. The van der Waals surface area contributed by atoms with E-state index in [1.54, 1.807) is 109 Å². The maximum atomic E-state index is 13.8. The third kappa shape index (κ3) is 9.55. The summed E-state index contributed by atoms with van der Waals surface area (Å²) in [4.78, 5) is 40.8. The molecule has 0 fully saturated rings. The van der Waals surface area contributed by atoms with E-state index in [9.17, 15) is 27.6 Å². The van der Waals surface area contributed by atoms with Gasteiger partial charge in [0.25, 0.3) is 11.8 Å². The topological polar surface area (TPSA) is 96.5 Å². The Balaban J connectivity index is 1.40. The molecule has 0 saturated heterocycles. The number of hydrogen-bond donors (Lipinski definition) is 3. The highest BCUT2D eigenvalue weighted by Gasteiger charge is 2.35. The molecule has 3 amide bonds. The van der Waals surface area contributed by atoms with Crippen molar-refractivity contribution in [3.8, 4) is 5.75 Å². The van der Waals surface area contributed by atoms with Crippen molar-refractivity contribution in [2.24, 2.45) is 0 Å². The molecule has 0 saturated carbocycles. The number of anilines is 2. The van der Waals surface area contributed by atoms with Gasteiger partial charge in [-0.25, -0.2) is 0 Å². The molecule has 0 aliphatic heterocycles. The Morgan fingerprint density at radius 2 is 1.48 bits per heavy atom. The lowest BCUT2D eigenvalue weighted by Gasteiger charge is -2.20. The summed E-state index contributed by atoms with van der Waals surface area (Å²) in [6.07, 6.45) is -3.23. The maximum absolute atomic E-state index is 13.8. The number of nitrogens with one attached hydrogen (secondary N) is 3. The van der Waals surface area contributed by atoms with Crippen LogP contribution in [0.1, 0.15) is 32.3 Å². The monoisotopic (exact) mass is 715 g/mol. The molecular weight excluding hydrogens is 687 g/mol. The molecule has 5 aromatic carbocycles. The summed E-state index contributed by atoms with van der Waals surface area (Å²) in [6.45, 7) is 0. The summed E-state index contributed by atoms with van der Waals surface area (Å²) in [7, 11) is 1.54. The van der Waals surface area contributed by atoms with Crippen LogP contribution in [0.3, 0.4) is 0 Å². The number of benzene rings is 5. The molecule has 1 unspecified atom stereocenters. The molecule has 0 heterocycles. The number of rotatable bonds is 11. The highest BCUT2D eigenvalue weighted by molar-refractivity contribution is 8.00. The molecule has 0 bridgehead atoms. The Hall–Kier alpha value is -5.52. The smallest absolute Gasteiger partial charge is 0.418 e. The van der Waals surface area contributed by atoms with Crippen LogP contribution in [0, 0.1) is 0 Å². The Morgan fingerprint density at radius 1 is 0.800 bits per heavy atom. The van der Waals surface area contributed by atoms with E-state index in [-0.39, 0.29) is 10.7 Å². The number of ether oxygens (including phenoxy) is 1. The van der Waals surface area contributed by atoms with Crippen LogP contribution in [-0.4, -0.2) is 24.8 Å². The lowest BCUT2D eigenvalue weighted by atomic mass is 10.1. The number of methoxy groups -OCH3 is 1. The fraction of sp³-hybridized carbons (Fsp3) is 0.0789. The first-order valence-electron chi connectivity index (χ1n) is 15.0. The summed E-state index contributed by atoms with van der Waals surface area (Å²) in [6, 6.07) is 33.7. The van der Waals surface area contributed by atoms with Gasteiger partial charge in [-0.1, -0.05) is 78.3 Å². The third-order valence-corrected chi connectivity index (χ3v) is 8.67. The van der Waals surface area contributed by atoms with Crippen LogP contribution in [0.25, 0.3) is 6.08 Å². The van der Waals surface area contributed by atoms with Crippen molar-refractivity contribution in [3.63, 3.8) is 0 Å². The SMILES string of the molecule is COc1ccc(/C=C(/NC(=O)c2ccccc2)C(=O)Nc2cccc(SC(C(=O)Nc3ccc(Cl)cc3C(F)(F)F)c3ccccc3)c2)cc1. The molecule has 12 heteroatoms. The van der Waals surface area contributed by atoms with Gasteiger partial charge in [0.1, 0.15) is 16.7 Å². The zero-order valence-electron chi connectivity index (χ0n) is 26.3. The van der Waals surface area contributed by atoms with Crippen molar-refractivity contribution in [2.45, 2.75) is 16.3 Å². The first-order chi connectivity index (χ1) is 24.0. The molecule has 0 aromatic heterocycles. The van der Waals surface area contributed by atoms with E-state index < -0.39 is 40.4 Å². The van der Waals surface area contributed by atoms with E-state index in [2.05, 4.69) is 16.0 Å². The fourth-order valence-electron chi connectivity index (χ4n) is 4.75. The molecule has 0 spiro atoms. The zero-order valence-corrected chi connectivity index (χ0v) is 27.9. The lowest BCUT2D eigenvalue weighted by Crippen LogP contribution is -2.30. The number of hydrogen-bond acceptors (Lipinski definition) is 5. The average molecular weight is 716 g/mol. The highest BCUT2D eigenvalue weighted by Crippen LogP contribution is 2.40. The van der Waals surface area contributed by atoms with Crippen LogP contribution < -0.4 is 20.7 Å². The van der Waals surface area contributed by atoms with Gasteiger partial charge in [-0.3, -0.25) is 14.4 Å². The summed E-state index contributed by atoms with van der Waals surface area (Å²) >= 11 is 6.91. The van der Waals surface area contributed by atoms with Crippen LogP contribution in [0.4, 0.5) is 24.5 Å². The molecule has 5 rings (SSSR count). The number of carbonyl (C=O) groups excluding carboxylic acids is 3. The standard InChI is InChI=1S/C38H29ClF3N3O4S/c1-49-29-18-15-24(16-19-29)21-33(45-35(46)26-11-6-3-7-12-26)36(47)43-28-13-8-14-30(23-28)50-34(25-9-4-2-5-10-25)37(48)44-32-20-17-27(39)22-31(32)38(40,41)42/h2-23,34H,1H3,(H,43,47)(H,44,48)(H,45,46)/b33-21+. The molecule has 5 aromatic rings. The van der Waals surface area contributed by atoms with Gasteiger partial charge in [-0.15, -0.1) is 11.8 Å². The van der Waals surface area contributed by atoms with Crippen molar-refractivity contribution >= 4 is 58.5 Å². The van der Waals surface area contributed by atoms with Gasteiger partial charge >= 0.3 is 6.18 Å². The summed E-state index contributed by atoms with van der Waals surface area (Å²) in [5.74, 6) is -1.19. The largest absolute Gasteiger partial charge is 0.497 e. The quantitative estimate of drug-likeness (QED) is 0.0936. The summed E-state index contributed by atoms with van der Waals surface area (Å²) < 4.78 is 46.6. The Labute approximate surface area is 295 Å². The molecule has 254 valence electrons. The van der Waals surface area contributed by atoms with E-state index in [1.165, 1.54) is 19.3 Å². The van der Waals surface area contributed by atoms with Crippen molar-refractivity contribution in [3.05, 3.63) is 160 Å². The minimum absolute atomic E-state index is 0.0351. The fourth-order valence-corrected chi connectivity index (χ4v) is 6.01. The average Bonchev–Trinajstić information content (AvgIpc) is 3.11. The third-order valence-electron chi connectivity index (χ3n) is 7.19. The van der Waals surface area contributed by atoms with E-state index >= 15 is 0 Å². The predicted molar refractivity (Wildman–Crippen MR) is 190 cm³/mol. The first kappa shape index (κ1) is 35.8. The number of amides is 3. The Bertz CT molecular complexity index is 2010. The van der Waals surface area contributed by atoms with Crippen LogP contribution in [0.2, 0.25) is 5.02 Å². The van der Waals surface area contributed by atoms with Gasteiger partial charge in [0.15, 0.2) is 0 Å². The Kier molecular flexibility index (Phi) is 11.6. The zero-order chi connectivity index (χ0) is 35.7. The van der Waals surface area contributed by atoms with Crippen LogP contribution in [0.15, 0.2) is 138 Å². The van der Waals surface area contributed by atoms with Gasteiger partial charge < -0.3 is 20.7 Å². The summed E-state index contributed by atoms with van der Waals surface area (Å²) in [5, 5.41) is 6.81. The second kappa shape index (κ2) is 16.3. The molecular formula is C38H29ClF3N3O4S. The highest BCUT2D eigenvalue weighted by atomic mass is 35.5. The van der Waals surface area contributed by atoms with Crippen molar-refractivity contribution in [1.82, 2.24) is 5.32 Å². The number of alkyl halides is 3. The summed E-state index contributed by atoms with van der Waals surface area (Å²) in [5.41, 5.74) is 0.331. The van der Waals surface area contributed by atoms with Gasteiger partial charge in [0.2, 0.25) is 5.91 Å². The number of thioether (sulfide) groups is 1. The van der Waals surface area contributed by atoms with E-state index in [0.717, 1.165) is 23.9 Å². The number of carbonyl (C=O) groups is 3. The molecule has 7 nitrogen and oxygen atoms in total. The van der Waals surface area contributed by atoms with Crippen LogP contribution in [-0.2, 0) is 15.8 Å². The first-order valence-corrected chi connectivity index (χ1v) is 16.3. The molecule has 50 heavy (non-hydrogen) atoms. The normalized spacial score (nSPS) is 12.1. The van der Waals surface area contributed by atoms with Crippen LogP contribution in [0.5, 0.6) is 5.75 Å². The second-order valence-corrected chi connectivity index (χ2v) is 12.3. The van der Waals surface area contributed by atoms with E-state index in [0.29, 0.717) is 33.0 Å². The molecule has 0 aliphatic carbocycles. The molecule has 1 atom stereocenters. The van der Waals surface area contributed by atoms with Crippen molar-refractivity contribution < 1.29 is 32.3 Å². The maximum Gasteiger partial charge on any atom is 0.418 e. The predicted octanol–water partition coefficient (Wildman–Crippen LogP) is 9.25. The van der Waals surface area contributed by atoms with Gasteiger partial charge in [0.05, 0.1) is 18.4 Å². The van der Waals surface area contributed by atoms with Crippen molar-refractivity contribution in [2.75, 3.05) is 17.7 Å². The van der Waals surface area contributed by atoms with Gasteiger partial charge in [0, 0.05) is 21.2 Å². The van der Waals surface area contributed by atoms with Crippen LogP contribution >= 0.6 is 23.4 Å². The lowest BCUT2D eigenvalue weighted by molar-refractivity contribution is -0.137. The molecule has 0 aliphatic rings. The van der Waals surface area contributed by atoms with Gasteiger partial charge in [-0.2, -0.15) is 13.2 Å². The number of halogens is 4. The van der Waals surface area contributed by atoms with Gasteiger partial charge in [-0.05, 0) is 77.9 Å². The minimum Gasteiger partial charge on any atom is -0.497 e. The van der Waals surface area contributed by atoms with E-state index in [4.69, 9.17) is 16.3 Å². The molecule has 0 radical (unpaired) electrons. The minimum atomic E-state index is -4.75. The van der Waals surface area contributed by atoms with E-state index in [1.807, 2.05) is 0 Å². The Morgan fingerprint density at radius 3 is 2.14 bits per heavy atom. The second-order valence-electron chi connectivity index (χ2n) is 10.7.